The standard InChI is InChI=1S/C19H38O/c1-4-7-8-9-10-11-12-13-14-15-16-17-18-19(5-2)20-6-3/h13-14,19H,4-12,15-18H2,1-3H3/b14-13-. The van der Waals surface area contributed by atoms with Crippen molar-refractivity contribution in [2.24, 2.45) is 0 Å². The second kappa shape index (κ2) is 16.8. The van der Waals surface area contributed by atoms with Gasteiger partial charge in [0.15, 0.2) is 0 Å². The van der Waals surface area contributed by atoms with Gasteiger partial charge in [-0.15, -0.1) is 0 Å². The number of allylic oxidation sites excluding steroid dienone is 2. The lowest BCUT2D eigenvalue weighted by molar-refractivity contribution is 0.0525. The topological polar surface area (TPSA) is 9.23 Å². The Balaban J connectivity index is 3.23. The molecule has 0 radical (unpaired) electrons. The number of hydrogen-bond donors (Lipinski definition) is 0. The molecule has 0 N–H and O–H groups in total. The van der Waals surface area contributed by atoms with Gasteiger partial charge in [-0.3, -0.25) is 0 Å². The lowest BCUT2D eigenvalue weighted by atomic mass is 10.1. The van der Waals surface area contributed by atoms with E-state index in [0.717, 1.165) is 13.0 Å². The summed E-state index contributed by atoms with van der Waals surface area (Å²) >= 11 is 0. The zero-order chi connectivity index (χ0) is 14.9. The minimum atomic E-state index is 0.493. The van der Waals surface area contributed by atoms with Gasteiger partial charge in [0.25, 0.3) is 0 Å². The molecule has 0 aliphatic heterocycles. The zero-order valence-electron chi connectivity index (χ0n) is 14.3. The van der Waals surface area contributed by atoms with E-state index in [1.807, 2.05) is 0 Å². The van der Waals surface area contributed by atoms with Crippen molar-refractivity contribution in [3.8, 4) is 0 Å². The minimum absolute atomic E-state index is 0.493. The summed E-state index contributed by atoms with van der Waals surface area (Å²) in [6.07, 6.45) is 21.2. The summed E-state index contributed by atoms with van der Waals surface area (Å²) in [5.41, 5.74) is 0. The summed E-state index contributed by atoms with van der Waals surface area (Å²) in [6.45, 7) is 7.45. The molecule has 0 saturated carbocycles. The summed E-state index contributed by atoms with van der Waals surface area (Å²) in [7, 11) is 0. The van der Waals surface area contributed by atoms with E-state index in [9.17, 15) is 0 Å². The van der Waals surface area contributed by atoms with Gasteiger partial charge in [0, 0.05) is 6.61 Å². The van der Waals surface area contributed by atoms with Crippen LogP contribution in [0.15, 0.2) is 12.2 Å². The molecule has 1 atom stereocenters. The lowest BCUT2D eigenvalue weighted by Gasteiger charge is -2.13. The number of ether oxygens (including phenoxy) is 1. The molecule has 0 rings (SSSR count). The minimum Gasteiger partial charge on any atom is -0.379 e. The Bertz CT molecular complexity index is 198. The van der Waals surface area contributed by atoms with Crippen LogP contribution in [0.2, 0.25) is 0 Å². The van der Waals surface area contributed by atoms with Gasteiger partial charge in [-0.1, -0.05) is 64.5 Å². The van der Waals surface area contributed by atoms with Crippen LogP contribution in [-0.2, 0) is 4.74 Å². The maximum Gasteiger partial charge on any atom is 0.0572 e. The monoisotopic (exact) mass is 282 g/mol. The molecule has 0 aliphatic carbocycles. The molecule has 0 fully saturated rings. The second-order valence-corrected chi connectivity index (χ2v) is 5.80. The van der Waals surface area contributed by atoms with Crippen molar-refractivity contribution in [1.82, 2.24) is 0 Å². The third-order valence-electron chi connectivity index (χ3n) is 3.90. The largest absolute Gasteiger partial charge is 0.379 e. The van der Waals surface area contributed by atoms with Gasteiger partial charge in [0.05, 0.1) is 6.10 Å². The summed E-state index contributed by atoms with van der Waals surface area (Å²) in [5, 5.41) is 0. The molecule has 1 heteroatoms. The summed E-state index contributed by atoms with van der Waals surface area (Å²) < 4.78 is 5.67. The van der Waals surface area contributed by atoms with Crippen LogP contribution in [0.4, 0.5) is 0 Å². The Hall–Kier alpha value is -0.300. The van der Waals surface area contributed by atoms with Crippen LogP contribution in [0.5, 0.6) is 0 Å². The van der Waals surface area contributed by atoms with Crippen molar-refractivity contribution in [3.05, 3.63) is 12.2 Å². The second-order valence-electron chi connectivity index (χ2n) is 5.80. The van der Waals surface area contributed by atoms with Crippen molar-refractivity contribution < 1.29 is 4.74 Å². The van der Waals surface area contributed by atoms with Crippen molar-refractivity contribution in [3.63, 3.8) is 0 Å². The fourth-order valence-electron chi connectivity index (χ4n) is 2.55. The highest BCUT2D eigenvalue weighted by Gasteiger charge is 2.03. The molecule has 0 aliphatic rings. The van der Waals surface area contributed by atoms with Crippen molar-refractivity contribution in [2.75, 3.05) is 6.61 Å². The van der Waals surface area contributed by atoms with Crippen LogP contribution >= 0.6 is 0 Å². The summed E-state index contributed by atoms with van der Waals surface area (Å²) in [4.78, 5) is 0. The van der Waals surface area contributed by atoms with E-state index in [2.05, 4.69) is 32.9 Å². The zero-order valence-corrected chi connectivity index (χ0v) is 14.3. The first-order valence-corrected chi connectivity index (χ1v) is 9.11. The first kappa shape index (κ1) is 19.7. The lowest BCUT2D eigenvalue weighted by Crippen LogP contribution is -2.11. The molecule has 20 heavy (non-hydrogen) atoms. The molecule has 0 bridgehead atoms. The highest BCUT2D eigenvalue weighted by molar-refractivity contribution is 4.81. The molecule has 0 aromatic carbocycles. The fourth-order valence-corrected chi connectivity index (χ4v) is 2.55. The Labute approximate surface area is 128 Å². The van der Waals surface area contributed by atoms with Gasteiger partial charge in [-0.25, -0.2) is 0 Å². The Morgan fingerprint density at radius 2 is 1.35 bits per heavy atom. The van der Waals surface area contributed by atoms with Gasteiger partial charge in [0.2, 0.25) is 0 Å². The first-order chi connectivity index (χ1) is 9.85. The number of hydrogen-bond acceptors (Lipinski definition) is 1. The smallest absolute Gasteiger partial charge is 0.0572 e. The maximum absolute atomic E-state index is 5.67. The van der Waals surface area contributed by atoms with Crippen molar-refractivity contribution in [1.29, 1.82) is 0 Å². The van der Waals surface area contributed by atoms with Crippen LogP contribution < -0.4 is 0 Å². The van der Waals surface area contributed by atoms with Crippen LogP contribution in [0.1, 0.15) is 97.8 Å². The summed E-state index contributed by atoms with van der Waals surface area (Å²) in [5.74, 6) is 0. The van der Waals surface area contributed by atoms with E-state index >= 15 is 0 Å². The van der Waals surface area contributed by atoms with Gasteiger partial charge in [-0.2, -0.15) is 0 Å². The third kappa shape index (κ3) is 14.1. The van der Waals surface area contributed by atoms with E-state index in [1.54, 1.807) is 0 Å². The van der Waals surface area contributed by atoms with E-state index in [1.165, 1.54) is 70.6 Å². The molecule has 0 aromatic heterocycles. The Morgan fingerprint density at radius 3 is 1.95 bits per heavy atom. The van der Waals surface area contributed by atoms with Crippen LogP contribution in [0, 0.1) is 0 Å². The SMILES string of the molecule is CCCCCCCC/C=C\CCCCC(CC)OCC. The molecule has 120 valence electrons. The van der Waals surface area contributed by atoms with E-state index in [-0.39, 0.29) is 0 Å². The number of unbranched alkanes of at least 4 members (excludes halogenated alkanes) is 8. The van der Waals surface area contributed by atoms with Crippen molar-refractivity contribution in [2.45, 2.75) is 104 Å². The van der Waals surface area contributed by atoms with Gasteiger partial charge < -0.3 is 4.74 Å². The Morgan fingerprint density at radius 1 is 0.750 bits per heavy atom. The van der Waals surface area contributed by atoms with Crippen LogP contribution in [0.3, 0.4) is 0 Å². The average molecular weight is 283 g/mol. The predicted octanol–water partition coefficient (Wildman–Crippen LogP) is 6.67. The molecule has 0 amide bonds. The summed E-state index contributed by atoms with van der Waals surface area (Å²) in [6, 6.07) is 0. The molecular weight excluding hydrogens is 244 g/mol. The Kier molecular flexibility index (Phi) is 16.5. The third-order valence-corrected chi connectivity index (χ3v) is 3.90. The van der Waals surface area contributed by atoms with Crippen LogP contribution in [0.25, 0.3) is 0 Å². The van der Waals surface area contributed by atoms with Crippen molar-refractivity contribution >= 4 is 0 Å². The van der Waals surface area contributed by atoms with E-state index < -0.39 is 0 Å². The first-order valence-electron chi connectivity index (χ1n) is 9.11. The van der Waals surface area contributed by atoms with Gasteiger partial charge in [-0.05, 0) is 45.4 Å². The fraction of sp³-hybridized carbons (Fsp3) is 0.895. The molecule has 0 spiro atoms. The van der Waals surface area contributed by atoms with Gasteiger partial charge in [0.1, 0.15) is 0 Å². The molecule has 0 saturated heterocycles. The quantitative estimate of drug-likeness (QED) is 0.241. The molecule has 0 aromatic rings. The maximum atomic E-state index is 5.67. The predicted molar refractivity (Wildman–Crippen MR) is 91.3 cm³/mol. The normalized spacial score (nSPS) is 13.2. The highest BCUT2D eigenvalue weighted by Crippen LogP contribution is 2.11. The molecule has 1 nitrogen and oxygen atoms in total. The van der Waals surface area contributed by atoms with E-state index in [0.29, 0.717) is 6.10 Å². The molecule has 1 unspecified atom stereocenters. The van der Waals surface area contributed by atoms with Gasteiger partial charge >= 0.3 is 0 Å². The average Bonchev–Trinajstić information content (AvgIpc) is 2.47. The van der Waals surface area contributed by atoms with E-state index in [4.69, 9.17) is 4.74 Å². The number of rotatable bonds is 15. The van der Waals surface area contributed by atoms with Crippen LogP contribution in [-0.4, -0.2) is 12.7 Å². The molecular formula is C19H38O. The molecule has 0 heterocycles. The highest BCUT2D eigenvalue weighted by atomic mass is 16.5.